The zero-order chi connectivity index (χ0) is 18.4. The molecule has 2 aliphatic rings. The first kappa shape index (κ1) is 18.9. The second-order valence-corrected chi connectivity index (χ2v) is 7.53. The quantitative estimate of drug-likeness (QED) is 0.160. The number of guanidine groups is 1. The molecule has 0 amide bonds. The van der Waals surface area contributed by atoms with Crippen LogP contribution in [0.2, 0.25) is 0 Å². The van der Waals surface area contributed by atoms with Crippen LogP contribution in [0.15, 0.2) is 51.6 Å². The number of nitrogens with zero attached hydrogens (tertiary/aromatic N) is 2. The zero-order valence-corrected chi connectivity index (χ0v) is 14.6. The zero-order valence-electron chi connectivity index (χ0n) is 13.8. The van der Waals surface area contributed by atoms with E-state index in [0.717, 1.165) is 11.5 Å². The molecular formula is C16H22N4O4S. The Balaban J connectivity index is 0.000000186. The van der Waals surface area contributed by atoms with Gasteiger partial charge in [0.05, 0.1) is 4.90 Å². The number of aryl methyl sites for hydroxylation is 1. The molecule has 5 N–H and O–H groups in total. The summed E-state index contributed by atoms with van der Waals surface area (Å²) in [6.07, 6.45) is 8.81. The lowest BCUT2D eigenvalue weighted by Crippen LogP contribution is -2.27. The van der Waals surface area contributed by atoms with Gasteiger partial charge in [0.1, 0.15) is 0 Å². The molecule has 0 radical (unpaired) electrons. The lowest BCUT2D eigenvalue weighted by Gasteiger charge is -2.11. The van der Waals surface area contributed by atoms with Gasteiger partial charge in [0.2, 0.25) is 0 Å². The van der Waals surface area contributed by atoms with Crippen LogP contribution in [0, 0.1) is 24.7 Å². The van der Waals surface area contributed by atoms with Crippen LogP contribution in [0.5, 0.6) is 0 Å². The first-order valence-electron chi connectivity index (χ1n) is 7.79. The Kier molecular flexibility index (Phi) is 6.16. The summed E-state index contributed by atoms with van der Waals surface area (Å²) >= 11 is 0. The molecule has 3 atom stereocenters. The van der Waals surface area contributed by atoms with E-state index < -0.39 is 10.1 Å². The molecular weight excluding hydrogens is 344 g/mol. The smallest absolute Gasteiger partial charge is 0.294 e. The lowest BCUT2D eigenvalue weighted by molar-refractivity contribution is 0.316. The molecule has 25 heavy (non-hydrogen) atoms. The predicted molar refractivity (Wildman–Crippen MR) is 94.9 cm³/mol. The van der Waals surface area contributed by atoms with E-state index in [9.17, 15) is 8.42 Å². The van der Waals surface area contributed by atoms with E-state index in [4.69, 9.17) is 15.5 Å². The van der Waals surface area contributed by atoms with Gasteiger partial charge in [0.25, 0.3) is 16.1 Å². The highest BCUT2D eigenvalue weighted by molar-refractivity contribution is 7.85. The first-order valence-corrected chi connectivity index (χ1v) is 9.23. The topological polar surface area (TPSA) is 137 Å². The molecule has 1 aromatic rings. The Morgan fingerprint density at radius 1 is 1.28 bits per heavy atom. The van der Waals surface area contributed by atoms with Crippen molar-refractivity contribution in [3.8, 4) is 0 Å². The van der Waals surface area contributed by atoms with Crippen molar-refractivity contribution in [1.82, 2.24) is 5.43 Å². The molecule has 3 rings (SSSR count). The van der Waals surface area contributed by atoms with Crippen molar-refractivity contribution in [2.45, 2.75) is 24.7 Å². The van der Waals surface area contributed by atoms with Crippen LogP contribution in [0.4, 0.5) is 0 Å². The molecule has 8 nitrogen and oxygen atoms in total. The van der Waals surface area contributed by atoms with Crippen molar-refractivity contribution in [2.75, 3.05) is 0 Å². The maximum absolute atomic E-state index is 10.5. The molecule has 1 aromatic carbocycles. The van der Waals surface area contributed by atoms with Gasteiger partial charge in [-0.2, -0.15) is 13.5 Å². The third-order valence-electron chi connectivity index (χ3n) is 4.20. The molecule has 9 heteroatoms. The number of hydrogen-bond donors (Lipinski definition) is 4. The average Bonchev–Trinajstić information content (AvgIpc) is 3.18. The van der Waals surface area contributed by atoms with Crippen LogP contribution < -0.4 is 11.2 Å². The summed E-state index contributed by atoms with van der Waals surface area (Å²) in [5.41, 5.74) is 8.59. The Labute approximate surface area is 146 Å². The molecule has 0 aliphatic heterocycles. The van der Waals surface area contributed by atoms with Crippen molar-refractivity contribution in [3.05, 3.63) is 42.0 Å². The standard InChI is InChI=1S/C9H14N4O.C7H8O3S/c10-9(13-14)12-11-5-8-4-6-1-2-7(8)3-6;1-6-2-4-7(5-3-6)11(8,9)10/h1-2,5-8,14H,3-4H2,(H3,10,12,13);2-5H,1H3,(H,8,9,10)/b11-5+;. The van der Waals surface area contributed by atoms with Crippen LogP contribution in [0.1, 0.15) is 18.4 Å². The van der Waals surface area contributed by atoms with Gasteiger partial charge < -0.3 is 10.9 Å². The number of oxime groups is 1. The molecule has 3 unspecified atom stereocenters. The van der Waals surface area contributed by atoms with Gasteiger partial charge in [0, 0.05) is 12.1 Å². The van der Waals surface area contributed by atoms with Crippen molar-refractivity contribution >= 4 is 22.3 Å². The van der Waals surface area contributed by atoms with Gasteiger partial charge >= 0.3 is 0 Å². The Bertz CT molecular complexity index is 772. The summed E-state index contributed by atoms with van der Waals surface area (Å²) < 4.78 is 29.6. The number of allylic oxidation sites excluding steroid dienone is 2. The maximum atomic E-state index is 10.5. The van der Waals surface area contributed by atoms with Crippen molar-refractivity contribution in [3.63, 3.8) is 0 Å². The molecule has 0 spiro atoms. The minimum atomic E-state index is -4.02. The third-order valence-corrected chi connectivity index (χ3v) is 5.07. The largest absolute Gasteiger partial charge is 0.408 e. The summed E-state index contributed by atoms with van der Waals surface area (Å²) in [5.74, 6) is 1.79. The fourth-order valence-corrected chi connectivity index (χ4v) is 3.41. The van der Waals surface area contributed by atoms with E-state index in [1.165, 1.54) is 25.0 Å². The van der Waals surface area contributed by atoms with E-state index in [-0.39, 0.29) is 10.9 Å². The molecule has 0 heterocycles. The molecule has 2 bridgehead atoms. The van der Waals surface area contributed by atoms with Gasteiger partial charge in [0.15, 0.2) is 0 Å². The average molecular weight is 366 g/mol. The SMILES string of the molecule is Cc1ccc(S(=O)(=O)O)cc1.N/C(=N\O)N/N=C/C1CC2C=CC1C2. The number of nitrogens with one attached hydrogen (secondary N) is 1. The molecule has 1 fully saturated rings. The van der Waals surface area contributed by atoms with E-state index in [0.29, 0.717) is 11.8 Å². The summed E-state index contributed by atoms with van der Waals surface area (Å²) in [5, 5.41) is 14.9. The second kappa shape index (κ2) is 8.13. The van der Waals surface area contributed by atoms with Crippen molar-refractivity contribution < 1.29 is 18.2 Å². The number of nitrogens with two attached hydrogens (primary N) is 1. The number of rotatable bonds is 3. The van der Waals surface area contributed by atoms with E-state index in [2.05, 4.69) is 27.8 Å². The number of hydrazone groups is 1. The minimum Gasteiger partial charge on any atom is -0.408 e. The molecule has 0 aromatic heterocycles. The Morgan fingerprint density at radius 3 is 2.44 bits per heavy atom. The van der Waals surface area contributed by atoms with Gasteiger partial charge in [-0.15, -0.1) is 0 Å². The van der Waals surface area contributed by atoms with E-state index in [1.807, 2.05) is 13.1 Å². The van der Waals surface area contributed by atoms with Crippen LogP contribution in [0.3, 0.4) is 0 Å². The highest BCUT2D eigenvalue weighted by atomic mass is 32.2. The lowest BCUT2D eigenvalue weighted by atomic mass is 9.95. The number of benzene rings is 1. The van der Waals surface area contributed by atoms with Gasteiger partial charge in [-0.3, -0.25) is 4.55 Å². The highest BCUT2D eigenvalue weighted by Crippen LogP contribution is 2.42. The van der Waals surface area contributed by atoms with Crippen molar-refractivity contribution in [2.24, 2.45) is 33.7 Å². The monoisotopic (exact) mass is 366 g/mol. The van der Waals surface area contributed by atoms with Gasteiger partial charge in [-0.25, -0.2) is 5.43 Å². The normalized spacial score (nSPS) is 25.0. The summed E-state index contributed by atoms with van der Waals surface area (Å²) in [6, 6.07) is 5.99. The number of fused-ring (bicyclic) bond motifs is 2. The van der Waals surface area contributed by atoms with Crippen LogP contribution in [0.25, 0.3) is 0 Å². The fraction of sp³-hybridized carbons (Fsp3) is 0.375. The first-order chi connectivity index (χ1) is 11.8. The third kappa shape index (κ3) is 5.57. The number of hydrogen-bond acceptors (Lipinski definition) is 5. The van der Waals surface area contributed by atoms with Crippen LogP contribution in [-0.2, 0) is 10.1 Å². The Hall–Kier alpha value is -2.39. The fourth-order valence-electron chi connectivity index (χ4n) is 2.93. The van der Waals surface area contributed by atoms with Crippen molar-refractivity contribution in [1.29, 1.82) is 0 Å². The van der Waals surface area contributed by atoms with E-state index in [1.54, 1.807) is 12.1 Å². The molecule has 1 saturated carbocycles. The second-order valence-electron chi connectivity index (χ2n) is 6.11. The summed E-state index contributed by atoms with van der Waals surface area (Å²) in [4.78, 5) is -0.0666. The van der Waals surface area contributed by atoms with Gasteiger partial charge in [-0.05, 0) is 48.9 Å². The summed E-state index contributed by atoms with van der Waals surface area (Å²) in [7, 11) is -4.02. The predicted octanol–water partition coefficient (Wildman–Crippen LogP) is 1.72. The molecule has 136 valence electrons. The maximum Gasteiger partial charge on any atom is 0.294 e. The molecule has 0 saturated heterocycles. The minimum absolute atomic E-state index is 0.0666. The Morgan fingerprint density at radius 2 is 1.96 bits per heavy atom. The van der Waals surface area contributed by atoms with Gasteiger partial charge in [-0.1, -0.05) is 29.8 Å². The molecule has 2 aliphatic carbocycles. The summed E-state index contributed by atoms with van der Waals surface area (Å²) in [6.45, 7) is 1.84. The van der Waals surface area contributed by atoms with Crippen LogP contribution in [-0.4, -0.2) is 30.4 Å². The van der Waals surface area contributed by atoms with Crippen LogP contribution >= 0.6 is 0 Å². The highest BCUT2D eigenvalue weighted by Gasteiger charge is 2.34. The van der Waals surface area contributed by atoms with E-state index >= 15 is 0 Å².